The number of aryl methyl sites for hydroxylation is 1. The Morgan fingerprint density at radius 1 is 1.31 bits per heavy atom. The molecule has 1 aromatic rings. The Bertz CT molecular complexity index is 401. The van der Waals surface area contributed by atoms with Crippen molar-refractivity contribution < 1.29 is 0 Å². The van der Waals surface area contributed by atoms with Crippen LogP contribution in [0.1, 0.15) is 24.0 Å². The molecule has 0 heterocycles. The Balaban J connectivity index is 1.80. The summed E-state index contributed by atoms with van der Waals surface area (Å²) in [4.78, 5) is 0. The summed E-state index contributed by atoms with van der Waals surface area (Å²) in [5.74, 6) is 0.672. The third-order valence-corrected chi connectivity index (χ3v) is 4.59. The van der Waals surface area contributed by atoms with Gasteiger partial charge in [-0.2, -0.15) is 0 Å². The minimum absolute atomic E-state index is 0.213. The first-order chi connectivity index (χ1) is 7.75. The lowest BCUT2D eigenvalue weighted by Crippen LogP contribution is -2.35. The van der Waals surface area contributed by atoms with E-state index >= 15 is 0 Å². The van der Waals surface area contributed by atoms with Crippen molar-refractivity contribution in [3.8, 4) is 0 Å². The molecule has 0 aromatic heterocycles. The van der Waals surface area contributed by atoms with Crippen LogP contribution in [0.2, 0.25) is 0 Å². The maximum Gasteiger partial charge on any atom is 0.0197 e. The maximum atomic E-state index is 6.08. The fourth-order valence-corrected chi connectivity index (χ4v) is 3.46. The van der Waals surface area contributed by atoms with E-state index in [4.69, 9.17) is 11.5 Å². The van der Waals surface area contributed by atoms with Gasteiger partial charge in [0.05, 0.1) is 0 Å². The predicted octanol–water partition coefficient (Wildman–Crippen LogP) is 1.47. The van der Waals surface area contributed by atoms with Crippen molar-refractivity contribution in [1.29, 1.82) is 0 Å². The van der Waals surface area contributed by atoms with E-state index in [1.807, 2.05) is 0 Å². The van der Waals surface area contributed by atoms with Gasteiger partial charge in [-0.1, -0.05) is 24.3 Å². The summed E-state index contributed by atoms with van der Waals surface area (Å²) < 4.78 is 0. The molecule has 3 atom stereocenters. The molecule has 2 aliphatic rings. The van der Waals surface area contributed by atoms with E-state index in [0.29, 0.717) is 17.9 Å². The summed E-state index contributed by atoms with van der Waals surface area (Å²) in [6.45, 7) is 0.633. The van der Waals surface area contributed by atoms with Crippen molar-refractivity contribution in [1.82, 2.24) is 0 Å². The summed E-state index contributed by atoms with van der Waals surface area (Å²) in [6.07, 6.45) is 5.05. The fourth-order valence-electron chi connectivity index (χ4n) is 3.46. The van der Waals surface area contributed by atoms with E-state index in [1.165, 1.54) is 25.7 Å². The molecule has 0 bridgehead atoms. The summed E-state index contributed by atoms with van der Waals surface area (Å²) >= 11 is 0. The quantitative estimate of drug-likeness (QED) is 0.786. The van der Waals surface area contributed by atoms with E-state index in [9.17, 15) is 0 Å². The first kappa shape index (κ1) is 10.3. The van der Waals surface area contributed by atoms with Gasteiger partial charge in [-0.05, 0) is 48.1 Å². The summed E-state index contributed by atoms with van der Waals surface area (Å²) in [7, 11) is 0. The van der Waals surface area contributed by atoms with Crippen molar-refractivity contribution in [2.24, 2.45) is 22.8 Å². The first-order valence-corrected chi connectivity index (χ1v) is 6.28. The highest BCUT2D eigenvalue weighted by Crippen LogP contribution is 2.60. The van der Waals surface area contributed by atoms with Gasteiger partial charge in [0.1, 0.15) is 0 Å². The zero-order chi connectivity index (χ0) is 11.2. The van der Waals surface area contributed by atoms with Crippen LogP contribution in [0.5, 0.6) is 0 Å². The average molecular weight is 216 g/mol. The Morgan fingerprint density at radius 3 is 2.81 bits per heavy atom. The molecule has 1 spiro atoms. The zero-order valence-electron chi connectivity index (χ0n) is 9.65. The van der Waals surface area contributed by atoms with Gasteiger partial charge < -0.3 is 11.5 Å². The smallest absolute Gasteiger partial charge is 0.0197 e. The molecular formula is C14H20N2. The highest BCUT2D eigenvalue weighted by Gasteiger charge is 2.56. The lowest BCUT2D eigenvalue weighted by molar-refractivity contribution is 0.367. The Kier molecular flexibility index (Phi) is 2.30. The molecule has 1 unspecified atom stereocenters. The standard InChI is InChI=1S/C14H20N2/c15-9-13(16)12-8-14(12)6-5-10-3-1-2-4-11(10)7-14/h1-4,12-13H,5-9,15-16H2/t12?,13-,14+/m1/s1. The highest BCUT2D eigenvalue weighted by atomic mass is 14.8. The Morgan fingerprint density at radius 2 is 2.06 bits per heavy atom. The van der Waals surface area contributed by atoms with E-state index in [-0.39, 0.29) is 6.04 Å². The average Bonchev–Trinajstić information content (AvgIpc) is 3.02. The van der Waals surface area contributed by atoms with Crippen molar-refractivity contribution in [3.05, 3.63) is 35.4 Å². The van der Waals surface area contributed by atoms with E-state index < -0.39 is 0 Å². The zero-order valence-corrected chi connectivity index (χ0v) is 9.65. The lowest BCUT2D eigenvalue weighted by Gasteiger charge is -2.26. The third-order valence-electron chi connectivity index (χ3n) is 4.59. The van der Waals surface area contributed by atoms with Crippen LogP contribution in [-0.2, 0) is 12.8 Å². The van der Waals surface area contributed by atoms with Crippen LogP contribution in [0.3, 0.4) is 0 Å². The minimum Gasteiger partial charge on any atom is -0.329 e. The van der Waals surface area contributed by atoms with Gasteiger partial charge in [0.15, 0.2) is 0 Å². The van der Waals surface area contributed by atoms with Crippen molar-refractivity contribution >= 4 is 0 Å². The van der Waals surface area contributed by atoms with Crippen LogP contribution >= 0.6 is 0 Å². The minimum atomic E-state index is 0.213. The Labute approximate surface area is 97.0 Å². The second-order valence-electron chi connectivity index (χ2n) is 5.52. The van der Waals surface area contributed by atoms with Crippen LogP contribution in [0.4, 0.5) is 0 Å². The second-order valence-corrected chi connectivity index (χ2v) is 5.52. The maximum absolute atomic E-state index is 6.08. The molecule has 2 heteroatoms. The molecule has 2 aliphatic carbocycles. The van der Waals surface area contributed by atoms with E-state index in [2.05, 4.69) is 24.3 Å². The van der Waals surface area contributed by atoms with Crippen LogP contribution in [0.15, 0.2) is 24.3 Å². The molecule has 1 saturated carbocycles. The first-order valence-electron chi connectivity index (χ1n) is 6.28. The number of hydrogen-bond donors (Lipinski definition) is 2. The number of fused-ring (bicyclic) bond motifs is 1. The predicted molar refractivity (Wildman–Crippen MR) is 66.0 cm³/mol. The van der Waals surface area contributed by atoms with Crippen molar-refractivity contribution in [2.45, 2.75) is 31.7 Å². The topological polar surface area (TPSA) is 52.0 Å². The van der Waals surface area contributed by atoms with Crippen molar-refractivity contribution in [2.75, 3.05) is 6.54 Å². The molecule has 4 N–H and O–H groups in total. The molecule has 0 saturated heterocycles. The molecule has 0 amide bonds. The number of benzene rings is 1. The van der Waals surface area contributed by atoms with Gasteiger partial charge >= 0.3 is 0 Å². The van der Waals surface area contributed by atoms with Gasteiger partial charge in [-0.3, -0.25) is 0 Å². The summed E-state index contributed by atoms with van der Waals surface area (Å²) in [5.41, 5.74) is 15.3. The van der Waals surface area contributed by atoms with Crippen molar-refractivity contribution in [3.63, 3.8) is 0 Å². The molecule has 1 fully saturated rings. The molecule has 0 aliphatic heterocycles. The molecule has 86 valence electrons. The summed E-state index contributed by atoms with van der Waals surface area (Å²) in [6, 6.07) is 9.05. The van der Waals surface area contributed by atoms with Crippen LogP contribution in [0.25, 0.3) is 0 Å². The largest absolute Gasteiger partial charge is 0.329 e. The molecular weight excluding hydrogens is 196 g/mol. The van der Waals surface area contributed by atoms with E-state index in [0.717, 1.165) is 0 Å². The van der Waals surface area contributed by atoms with Gasteiger partial charge in [-0.15, -0.1) is 0 Å². The molecule has 0 radical (unpaired) electrons. The summed E-state index contributed by atoms with van der Waals surface area (Å²) in [5, 5.41) is 0. The van der Waals surface area contributed by atoms with Gasteiger partial charge in [-0.25, -0.2) is 0 Å². The van der Waals surface area contributed by atoms with Gasteiger partial charge in [0.25, 0.3) is 0 Å². The van der Waals surface area contributed by atoms with Gasteiger partial charge in [0.2, 0.25) is 0 Å². The number of hydrogen-bond acceptors (Lipinski definition) is 2. The molecule has 3 rings (SSSR count). The monoisotopic (exact) mass is 216 g/mol. The SMILES string of the molecule is NC[C@@H](N)C1C[C@@]12CCc1ccccc1C2. The normalized spacial score (nSPS) is 33.5. The third kappa shape index (κ3) is 1.48. The molecule has 16 heavy (non-hydrogen) atoms. The van der Waals surface area contributed by atoms with Crippen LogP contribution in [0, 0.1) is 11.3 Å². The highest BCUT2D eigenvalue weighted by molar-refractivity contribution is 5.33. The van der Waals surface area contributed by atoms with Crippen LogP contribution < -0.4 is 11.5 Å². The molecule has 2 nitrogen and oxygen atoms in total. The second kappa shape index (κ2) is 3.57. The van der Waals surface area contributed by atoms with Gasteiger partial charge in [0, 0.05) is 12.6 Å². The number of rotatable bonds is 2. The Hall–Kier alpha value is -0.860. The fraction of sp³-hybridized carbons (Fsp3) is 0.571. The van der Waals surface area contributed by atoms with Crippen LogP contribution in [-0.4, -0.2) is 12.6 Å². The molecule has 1 aromatic carbocycles. The number of nitrogens with two attached hydrogens (primary N) is 2. The lowest BCUT2D eigenvalue weighted by atomic mass is 9.79. The van der Waals surface area contributed by atoms with E-state index in [1.54, 1.807) is 11.1 Å².